The van der Waals surface area contributed by atoms with E-state index in [0.29, 0.717) is 18.9 Å². The van der Waals surface area contributed by atoms with E-state index in [4.69, 9.17) is 10.3 Å². The highest BCUT2D eigenvalue weighted by Crippen LogP contribution is 2.14. The maximum absolute atomic E-state index is 11.5. The van der Waals surface area contributed by atoms with Gasteiger partial charge in [-0.2, -0.15) is 4.98 Å². The molecule has 1 amide bonds. The van der Waals surface area contributed by atoms with Crippen LogP contribution in [0.5, 0.6) is 0 Å². The topological polar surface area (TPSA) is 94.0 Å². The van der Waals surface area contributed by atoms with Crippen LogP contribution in [0.4, 0.5) is 0 Å². The van der Waals surface area contributed by atoms with E-state index in [1.807, 2.05) is 37.3 Å². The van der Waals surface area contributed by atoms with Crippen molar-refractivity contribution in [2.24, 2.45) is 5.73 Å². The van der Waals surface area contributed by atoms with Crippen molar-refractivity contribution in [3.05, 3.63) is 47.6 Å². The maximum atomic E-state index is 11.5. The molecule has 1 unspecified atom stereocenters. The average molecular weight is 260 g/mol. The van der Waals surface area contributed by atoms with Gasteiger partial charge in [0.15, 0.2) is 0 Å². The summed E-state index contributed by atoms with van der Waals surface area (Å²) in [6.07, 6.45) is 0.399. The molecule has 1 heterocycles. The van der Waals surface area contributed by atoms with E-state index in [1.54, 1.807) is 0 Å². The Bertz CT molecular complexity index is 539. The minimum absolute atomic E-state index is 0.0390. The van der Waals surface area contributed by atoms with Crippen molar-refractivity contribution in [3.63, 3.8) is 0 Å². The van der Waals surface area contributed by atoms with Crippen molar-refractivity contribution in [2.45, 2.75) is 19.4 Å². The van der Waals surface area contributed by atoms with Gasteiger partial charge in [-0.15, -0.1) is 0 Å². The van der Waals surface area contributed by atoms with Crippen LogP contribution < -0.4 is 11.1 Å². The molecule has 0 saturated heterocycles. The lowest BCUT2D eigenvalue weighted by atomic mass is 10.1. The fourth-order valence-electron chi connectivity index (χ4n) is 1.68. The zero-order valence-corrected chi connectivity index (χ0v) is 10.7. The monoisotopic (exact) mass is 260 g/mol. The largest absolute Gasteiger partial charge is 0.349 e. The van der Waals surface area contributed by atoms with Gasteiger partial charge >= 0.3 is 0 Å². The quantitative estimate of drug-likeness (QED) is 0.838. The molecule has 2 rings (SSSR count). The second-order valence-electron chi connectivity index (χ2n) is 4.09. The van der Waals surface area contributed by atoms with E-state index in [2.05, 4.69) is 15.5 Å². The van der Waals surface area contributed by atoms with Crippen LogP contribution in [-0.4, -0.2) is 22.6 Å². The molecule has 6 nitrogen and oxygen atoms in total. The zero-order chi connectivity index (χ0) is 13.7. The van der Waals surface area contributed by atoms with Crippen molar-refractivity contribution in [1.29, 1.82) is 0 Å². The van der Waals surface area contributed by atoms with Crippen LogP contribution in [0.3, 0.4) is 0 Å². The Morgan fingerprint density at radius 2 is 2.16 bits per heavy atom. The molecule has 0 aliphatic heterocycles. The zero-order valence-electron chi connectivity index (χ0n) is 10.7. The Labute approximate surface area is 111 Å². The Balaban J connectivity index is 2.02. The fraction of sp³-hybridized carbons (Fsp3) is 0.308. The molecule has 0 spiro atoms. The normalized spacial score (nSPS) is 12.1. The summed E-state index contributed by atoms with van der Waals surface area (Å²) in [6, 6.07) is 9.41. The molecule has 0 radical (unpaired) electrons. The van der Waals surface area contributed by atoms with E-state index in [0.717, 1.165) is 5.56 Å². The summed E-state index contributed by atoms with van der Waals surface area (Å²) in [5, 5.41) is 6.23. The lowest BCUT2D eigenvalue weighted by molar-refractivity contribution is 0.0942. The van der Waals surface area contributed by atoms with Crippen molar-refractivity contribution in [1.82, 2.24) is 15.5 Å². The van der Waals surface area contributed by atoms with Crippen LogP contribution in [-0.2, 0) is 6.42 Å². The summed E-state index contributed by atoms with van der Waals surface area (Å²) >= 11 is 0. The molecule has 0 bridgehead atoms. The van der Waals surface area contributed by atoms with Gasteiger partial charge in [-0.05, 0) is 12.5 Å². The molecule has 3 N–H and O–H groups in total. The highest BCUT2D eigenvalue weighted by atomic mass is 16.5. The van der Waals surface area contributed by atoms with Gasteiger partial charge in [-0.1, -0.05) is 35.5 Å². The van der Waals surface area contributed by atoms with E-state index in [9.17, 15) is 4.79 Å². The van der Waals surface area contributed by atoms with Gasteiger partial charge in [-0.25, -0.2) is 0 Å². The molecule has 100 valence electrons. The minimum atomic E-state index is -0.342. The van der Waals surface area contributed by atoms with Gasteiger partial charge in [0.05, 0.1) is 0 Å². The number of carbonyl (C=O) groups excluding carboxylic acids is 1. The van der Waals surface area contributed by atoms with Gasteiger partial charge in [0, 0.05) is 19.0 Å². The number of rotatable bonds is 5. The number of nitrogens with zero attached hydrogens (tertiary/aromatic N) is 2. The molecule has 6 heteroatoms. The first kappa shape index (κ1) is 13.2. The molecule has 0 aliphatic carbocycles. The molecule has 1 atom stereocenters. The van der Waals surface area contributed by atoms with Gasteiger partial charge in [-0.3, -0.25) is 4.79 Å². The van der Waals surface area contributed by atoms with E-state index >= 15 is 0 Å². The first-order chi connectivity index (χ1) is 9.20. The molecule has 0 aliphatic rings. The number of benzene rings is 1. The number of aromatic nitrogens is 2. The Kier molecular flexibility index (Phi) is 4.25. The SMILES string of the molecule is CCNC(=O)c1noc(CC(N)c2ccccc2)n1. The number of amides is 1. The third kappa shape index (κ3) is 3.38. The van der Waals surface area contributed by atoms with Gasteiger partial charge in [0.25, 0.3) is 11.7 Å². The standard InChI is InChI=1S/C13H16N4O2/c1-2-15-13(18)12-16-11(19-17-12)8-10(14)9-6-4-3-5-7-9/h3-7,10H,2,8,14H2,1H3,(H,15,18). The average Bonchev–Trinajstić information content (AvgIpc) is 2.88. The summed E-state index contributed by atoms with van der Waals surface area (Å²) in [6.45, 7) is 2.34. The summed E-state index contributed by atoms with van der Waals surface area (Å²) in [5.74, 6) is 0.0560. The van der Waals surface area contributed by atoms with Gasteiger partial charge < -0.3 is 15.6 Å². The van der Waals surface area contributed by atoms with E-state index in [-0.39, 0.29) is 17.8 Å². The number of nitrogens with one attached hydrogen (secondary N) is 1. The molecule has 19 heavy (non-hydrogen) atoms. The summed E-state index contributed by atoms with van der Waals surface area (Å²) in [5.41, 5.74) is 7.03. The van der Waals surface area contributed by atoms with E-state index in [1.165, 1.54) is 0 Å². The number of hydrogen-bond donors (Lipinski definition) is 2. The molecule has 0 fully saturated rings. The predicted molar refractivity (Wildman–Crippen MR) is 69.4 cm³/mol. The van der Waals surface area contributed by atoms with Crippen LogP contribution >= 0.6 is 0 Å². The molecule has 2 aromatic rings. The van der Waals surface area contributed by atoms with Gasteiger partial charge in [0.1, 0.15) is 0 Å². The van der Waals surface area contributed by atoms with Crippen molar-refractivity contribution >= 4 is 5.91 Å². The van der Waals surface area contributed by atoms with Crippen LogP contribution in [0.1, 0.15) is 35.0 Å². The summed E-state index contributed by atoms with van der Waals surface area (Å²) in [7, 11) is 0. The lowest BCUT2D eigenvalue weighted by Gasteiger charge is -2.08. The molecular weight excluding hydrogens is 244 g/mol. The fourth-order valence-corrected chi connectivity index (χ4v) is 1.68. The van der Waals surface area contributed by atoms with Crippen molar-refractivity contribution in [2.75, 3.05) is 6.54 Å². The van der Waals surface area contributed by atoms with Crippen LogP contribution in [0.25, 0.3) is 0 Å². The van der Waals surface area contributed by atoms with Gasteiger partial charge in [0.2, 0.25) is 5.89 Å². The number of carbonyl (C=O) groups is 1. The van der Waals surface area contributed by atoms with Crippen LogP contribution in [0.15, 0.2) is 34.9 Å². The minimum Gasteiger partial charge on any atom is -0.349 e. The van der Waals surface area contributed by atoms with Crippen molar-refractivity contribution < 1.29 is 9.32 Å². The molecule has 1 aromatic heterocycles. The van der Waals surface area contributed by atoms with Crippen molar-refractivity contribution in [3.8, 4) is 0 Å². The number of hydrogen-bond acceptors (Lipinski definition) is 5. The first-order valence-corrected chi connectivity index (χ1v) is 6.12. The highest BCUT2D eigenvalue weighted by molar-refractivity contribution is 5.90. The Morgan fingerprint density at radius 3 is 2.84 bits per heavy atom. The predicted octanol–water partition coefficient (Wildman–Crippen LogP) is 1.06. The molecule has 1 aromatic carbocycles. The maximum Gasteiger partial charge on any atom is 0.292 e. The molecular formula is C13H16N4O2. The third-order valence-electron chi connectivity index (χ3n) is 2.63. The molecule has 0 saturated carbocycles. The van der Waals surface area contributed by atoms with E-state index < -0.39 is 0 Å². The highest BCUT2D eigenvalue weighted by Gasteiger charge is 2.16. The summed E-state index contributed by atoms with van der Waals surface area (Å²) in [4.78, 5) is 15.5. The van der Waals surface area contributed by atoms with Crippen LogP contribution in [0, 0.1) is 0 Å². The number of nitrogens with two attached hydrogens (primary N) is 1. The smallest absolute Gasteiger partial charge is 0.292 e. The summed E-state index contributed by atoms with van der Waals surface area (Å²) < 4.78 is 5.02. The second kappa shape index (κ2) is 6.10. The lowest BCUT2D eigenvalue weighted by Crippen LogP contribution is -2.23. The Hall–Kier alpha value is -2.21. The Morgan fingerprint density at radius 1 is 1.42 bits per heavy atom. The third-order valence-corrected chi connectivity index (χ3v) is 2.63. The van der Waals surface area contributed by atoms with Crippen LogP contribution in [0.2, 0.25) is 0 Å². The second-order valence-corrected chi connectivity index (χ2v) is 4.09. The first-order valence-electron chi connectivity index (χ1n) is 6.12.